The second-order valence-electron chi connectivity index (χ2n) is 9.28. The van der Waals surface area contributed by atoms with Crippen LogP contribution in [-0.2, 0) is 6.54 Å². The van der Waals surface area contributed by atoms with Crippen LogP contribution < -0.4 is 16.1 Å². The van der Waals surface area contributed by atoms with Gasteiger partial charge in [0.2, 0.25) is 0 Å². The quantitative estimate of drug-likeness (QED) is 0.351. The molecule has 37 heavy (non-hydrogen) atoms. The van der Waals surface area contributed by atoms with Gasteiger partial charge in [-0.05, 0) is 56.0 Å². The zero-order valence-electron chi connectivity index (χ0n) is 20.1. The van der Waals surface area contributed by atoms with Crippen LogP contribution in [0.15, 0.2) is 42.5 Å². The van der Waals surface area contributed by atoms with Crippen molar-refractivity contribution in [3.05, 3.63) is 68.8 Å². The van der Waals surface area contributed by atoms with Gasteiger partial charge in [0, 0.05) is 46.8 Å². The number of hydrogen-bond acceptors (Lipinski definition) is 4. The number of urea groups is 1. The van der Waals surface area contributed by atoms with Crippen LogP contribution in [0.5, 0.6) is 0 Å². The zero-order chi connectivity index (χ0) is 25.9. The van der Waals surface area contributed by atoms with Gasteiger partial charge in [0.05, 0.1) is 16.4 Å². The maximum absolute atomic E-state index is 13.6. The van der Waals surface area contributed by atoms with Crippen molar-refractivity contribution >= 4 is 46.7 Å². The van der Waals surface area contributed by atoms with Gasteiger partial charge >= 0.3 is 6.03 Å². The lowest BCUT2D eigenvalue weighted by molar-refractivity contribution is 0.0743. The molecule has 194 valence electrons. The lowest BCUT2D eigenvalue weighted by atomic mass is 10.0. The second kappa shape index (κ2) is 11.3. The SMILES string of the molecule is O=C(NCc1c(C(=O)NN2CCCCC2)nn(-c2ccc(Cl)cc2Cl)c1-c1ccc(Cl)cc1)NC1CC1. The van der Waals surface area contributed by atoms with E-state index in [1.165, 1.54) is 0 Å². The Morgan fingerprint density at radius 3 is 2.32 bits per heavy atom. The fourth-order valence-corrected chi connectivity index (χ4v) is 4.98. The molecule has 8 nitrogen and oxygen atoms in total. The van der Waals surface area contributed by atoms with E-state index in [9.17, 15) is 9.59 Å². The third kappa shape index (κ3) is 6.21. The van der Waals surface area contributed by atoms with Gasteiger partial charge in [-0.15, -0.1) is 0 Å². The van der Waals surface area contributed by atoms with E-state index in [4.69, 9.17) is 39.9 Å². The highest BCUT2D eigenvalue weighted by Gasteiger charge is 2.28. The zero-order valence-corrected chi connectivity index (χ0v) is 22.3. The Morgan fingerprint density at radius 1 is 0.946 bits per heavy atom. The average molecular weight is 562 g/mol. The smallest absolute Gasteiger partial charge is 0.315 e. The molecule has 3 aromatic rings. The van der Waals surface area contributed by atoms with E-state index in [2.05, 4.69) is 16.1 Å². The normalized spacial score (nSPS) is 15.9. The predicted molar refractivity (Wildman–Crippen MR) is 145 cm³/mol. The van der Waals surface area contributed by atoms with Crippen molar-refractivity contribution in [3.63, 3.8) is 0 Å². The number of rotatable bonds is 7. The van der Waals surface area contributed by atoms with Crippen molar-refractivity contribution in [2.45, 2.75) is 44.7 Å². The molecule has 0 unspecified atom stereocenters. The van der Waals surface area contributed by atoms with Crippen LogP contribution in [0.25, 0.3) is 16.9 Å². The molecule has 3 N–H and O–H groups in total. The van der Waals surface area contributed by atoms with E-state index < -0.39 is 0 Å². The van der Waals surface area contributed by atoms with E-state index in [1.807, 2.05) is 17.1 Å². The van der Waals surface area contributed by atoms with Crippen molar-refractivity contribution < 1.29 is 9.59 Å². The molecular formula is C26H27Cl3N6O2. The lowest BCUT2D eigenvalue weighted by Gasteiger charge is -2.26. The molecule has 2 fully saturated rings. The predicted octanol–water partition coefficient (Wildman–Crippen LogP) is 5.59. The van der Waals surface area contributed by atoms with Gasteiger partial charge < -0.3 is 10.6 Å². The Balaban J connectivity index is 1.60. The standard InChI is InChI=1S/C26H27Cl3N6O2/c27-17-6-4-16(5-7-17)24-20(15-30-26(37)31-19-9-10-19)23(25(36)33-34-12-2-1-3-13-34)32-35(24)22-11-8-18(28)14-21(22)29/h4-8,11,14,19H,1-3,9-10,12-13,15H2,(H,33,36)(H2,30,31,37). The van der Waals surface area contributed by atoms with E-state index >= 15 is 0 Å². The fraction of sp³-hybridized carbons (Fsp3) is 0.346. The Morgan fingerprint density at radius 2 is 1.65 bits per heavy atom. The molecule has 2 heterocycles. The van der Waals surface area contributed by atoms with Gasteiger partial charge in [0.15, 0.2) is 5.69 Å². The highest BCUT2D eigenvalue weighted by molar-refractivity contribution is 6.35. The third-order valence-electron chi connectivity index (χ3n) is 6.41. The van der Waals surface area contributed by atoms with E-state index in [-0.39, 0.29) is 30.2 Å². The van der Waals surface area contributed by atoms with Gasteiger partial charge in [0.1, 0.15) is 0 Å². The molecule has 1 aliphatic carbocycles. The largest absolute Gasteiger partial charge is 0.335 e. The molecule has 0 bridgehead atoms. The molecule has 5 rings (SSSR count). The molecule has 1 aromatic heterocycles. The number of halogens is 3. The molecule has 1 saturated carbocycles. The minimum Gasteiger partial charge on any atom is -0.335 e. The first-order valence-corrected chi connectivity index (χ1v) is 13.5. The highest BCUT2D eigenvalue weighted by atomic mass is 35.5. The molecule has 11 heteroatoms. The number of nitrogens with zero attached hydrogens (tertiary/aromatic N) is 3. The van der Waals surface area contributed by atoms with Crippen LogP contribution in [0.2, 0.25) is 15.1 Å². The van der Waals surface area contributed by atoms with Gasteiger partial charge in [-0.25, -0.2) is 14.5 Å². The van der Waals surface area contributed by atoms with E-state index in [0.29, 0.717) is 32.0 Å². The Labute approximate surface area is 230 Å². The maximum atomic E-state index is 13.6. The molecule has 0 radical (unpaired) electrons. The summed E-state index contributed by atoms with van der Waals surface area (Å²) in [6, 6.07) is 12.2. The number of aromatic nitrogens is 2. The summed E-state index contributed by atoms with van der Waals surface area (Å²) in [4.78, 5) is 26.1. The van der Waals surface area contributed by atoms with Crippen LogP contribution in [-0.4, -0.2) is 45.9 Å². The summed E-state index contributed by atoms with van der Waals surface area (Å²) in [6.45, 7) is 1.64. The van der Waals surface area contributed by atoms with Crippen LogP contribution in [0.4, 0.5) is 4.79 Å². The van der Waals surface area contributed by atoms with Crippen LogP contribution in [0, 0.1) is 0 Å². The maximum Gasteiger partial charge on any atom is 0.315 e. The summed E-state index contributed by atoms with van der Waals surface area (Å²) in [5, 5.41) is 13.9. The summed E-state index contributed by atoms with van der Waals surface area (Å²) in [5.41, 5.74) is 5.70. The van der Waals surface area contributed by atoms with Gasteiger partial charge in [-0.3, -0.25) is 10.2 Å². The molecule has 0 atom stereocenters. The molecular weight excluding hydrogens is 535 g/mol. The number of piperidine rings is 1. The number of amides is 3. The van der Waals surface area contributed by atoms with Crippen molar-refractivity contribution in [2.24, 2.45) is 0 Å². The highest BCUT2D eigenvalue weighted by Crippen LogP contribution is 2.34. The Hall–Kier alpha value is -2.78. The minimum atomic E-state index is -0.347. The first-order valence-electron chi connectivity index (χ1n) is 12.3. The van der Waals surface area contributed by atoms with Crippen molar-refractivity contribution in [1.82, 2.24) is 30.8 Å². The minimum absolute atomic E-state index is 0.0878. The average Bonchev–Trinajstić information content (AvgIpc) is 3.61. The summed E-state index contributed by atoms with van der Waals surface area (Å²) in [7, 11) is 0. The summed E-state index contributed by atoms with van der Waals surface area (Å²) in [5.74, 6) is -0.347. The topological polar surface area (TPSA) is 91.3 Å². The number of benzene rings is 2. The Bertz CT molecular complexity index is 1300. The van der Waals surface area contributed by atoms with Crippen molar-refractivity contribution in [1.29, 1.82) is 0 Å². The summed E-state index contributed by atoms with van der Waals surface area (Å²) >= 11 is 18.9. The van der Waals surface area contributed by atoms with Crippen LogP contribution in [0.1, 0.15) is 48.2 Å². The van der Waals surface area contributed by atoms with Crippen LogP contribution >= 0.6 is 34.8 Å². The second-order valence-corrected chi connectivity index (χ2v) is 10.6. The Kier molecular flexibility index (Phi) is 7.90. The van der Waals surface area contributed by atoms with E-state index in [1.54, 1.807) is 35.0 Å². The molecule has 2 aromatic carbocycles. The summed E-state index contributed by atoms with van der Waals surface area (Å²) < 4.78 is 1.63. The molecule has 1 aliphatic heterocycles. The molecule has 1 saturated heterocycles. The van der Waals surface area contributed by atoms with Gasteiger partial charge in [0.25, 0.3) is 5.91 Å². The van der Waals surface area contributed by atoms with Crippen LogP contribution in [0.3, 0.4) is 0 Å². The monoisotopic (exact) mass is 560 g/mol. The fourth-order valence-electron chi connectivity index (χ4n) is 4.37. The third-order valence-corrected chi connectivity index (χ3v) is 7.20. The molecule has 3 amide bonds. The molecule has 0 spiro atoms. The number of nitrogens with one attached hydrogen (secondary N) is 3. The molecule has 2 aliphatic rings. The van der Waals surface area contributed by atoms with Gasteiger partial charge in [-0.1, -0.05) is 53.4 Å². The van der Waals surface area contributed by atoms with Crippen molar-refractivity contribution in [3.8, 4) is 16.9 Å². The first-order chi connectivity index (χ1) is 17.9. The van der Waals surface area contributed by atoms with Crippen molar-refractivity contribution in [2.75, 3.05) is 13.1 Å². The van der Waals surface area contributed by atoms with E-state index in [0.717, 1.165) is 50.8 Å². The number of carbonyl (C=O) groups excluding carboxylic acids is 2. The first kappa shape index (κ1) is 25.9. The number of hydrazine groups is 1. The number of hydrogen-bond donors (Lipinski definition) is 3. The lowest BCUT2D eigenvalue weighted by Crippen LogP contribution is -2.45. The number of carbonyl (C=O) groups is 2. The summed E-state index contributed by atoms with van der Waals surface area (Å²) in [6.07, 6.45) is 5.11. The van der Waals surface area contributed by atoms with Gasteiger partial charge in [-0.2, -0.15) is 5.10 Å².